The molecule has 0 spiro atoms. The molecule has 0 radical (unpaired) electrons. The van der Waals surface area contributed by atoms with E-state index in [1.165, 1.54) is 12.1 Å². The van der Waals surface area contributed by atoms with Crippen LogP contribution in [0.4, 0.5) is 20.6 Å². The summed E-state index contributed by atoms with van der Waals surface area (Å²) in [6.07, 6.45) is 3.41. The van der Waals surface area contributed by atoms with Crippen molar-refractivity contribution in [2.75, 3.05) is 22.9 Å². The zero-order chi connectivity index (χ0) is 21.4. The number of nitrogens with zero attached hydrogens (tertiary/aromatic N) is 2. The first kappa shape index (κ1) is 19.8. The van der Waals surface area contributed by atoms with Crippen molar-refractivity contribution in [1.82, 2.24) is 5.32 Å². The van der Waals surface area contributed by atoms with Gasteiger partial charge in [-0.3, -0.25) is 14.9 Å². The van der Waals surface area contributed by atoms with Crippen molar-refractivity contribution < 1.29 is 18.8 Å². The summed E-state index contributed by atoms with van der Waals surface area (Å²) in [6, 6.07) is 9.18. The normalized spacial score (nSPS) is 18.4. The van der Waals surface area contributed by atoms with E-state index in [1.54, 1.807) is 44.2 Å². The molecule has 2 aliphatic rings. The van der Waals surface area contributed by atoms with E-state index in [2.05, 4.69) is 5.32 Å². The van der Waals surface area contributed by atoms with Gasteiger partial charge in [0.1, 0.15) is 11.4 Å². The number of anilines is 2. The Bertz CT molecular complexity index is 1090. The van der Waals surface area contributed by atoms with Crippen molar-refractivity contribution in [1.29, 1.82) is 0 Å². The summed E-state index contributed by atoms with van der Waals surface area (Å²) in [6.45, 7) is 5.20. The maximum absolute atomic E-state index is 14.8. The van der Waals surface area contributed by atoms with Gasteiger partial charge < -0.3 is 4.90 Å². The van der Waals surface area contributed by atoms with Gasteiger partial charge in [0.15, 0.2) is 0 Å². The van der Waals surface area contributed by atoms with Gasteiger partial charge in [-0.2, -0.15) is 0 Å². The topological polar surface area (TPSA) is 69.7 Å². The number of urea groups is 1. The van der Waals surface area contributed by atoms with Gasteiger partial charge in [-0.25, -0.2) is 14.1 Å². The number of rotatable bonds is 3. The third-order valence-electron chi connectivity index (χ3n) is 5.54. The van der Waals surface area contributed by atoms with Crippen LogP contribution in [-0.4, -0.2) is 30.9 Å². The first-order valence-corrected chi connectivity index (χ1v) is 9.89. The quantitative estimate of drug-likeness (QED) is 0.622. The molecule has 0 aliphatic carbocycles. The Morgan fingerprint density at radius 3 is 2.37 bits per heavy atom. The van der Waals surface area contributed by atoms with Crippen LogP contribution < -0.4 is 15.1 Å². The number of hydrogen-bond acceptors (Lipinski definition) is 4. The number of nitrogens with one attached hydrogen (secondary N) is 1. The molecule has 6 nitrogen and oxygen atoms in total. The third-order valence-corrected chi connectivity index (χ3v) is 5.54. The number of barbiturate groups is 1. The second-order valence-corrected chi connectivity index (χ2v) is 7.60. The fourth-order valence-corrected chi connectivity index (χ4v) is 3.88. The number of aryl methyl sites for hydroxylation is 2. The molecule has 4 rings (SSSR count). The second kappa shape index (κ2) is 7.74. The van der Waals surface area contributed by atoms with Gasteiger partial charge in [0.05, 0.1) is 11.4 Å². The van der Waals surface area contributed by atoms with Crippen molar-refractivity contribution in [3.63, 3.8) is 0 Å². The van der Waals surface area contributed by atoms with Crippen LogP contribution in [0.15, 0.2) is 42.0 Å². The summed E-state index contributed by atoms with van der Waals surface area (Å²) in [5.74, 6) is -1.93. The van der Waals surface area contributed by atoms with Crippen LogP contribution in [0.2, 0.25) is 0 Å². The number of halogens is 1. The summed E-state index contributed by atoms with van der Waals surface area (Å²) in [5.41, 5.74) is 2.59. The fraction of sp³-hybridized carbons (Fsp3) is 0.261. The Hall–Kier alpha value is -3.48. The Labute approximate surface area is 174 Å². The standard InChI is InChI=1S/C23H22FN3O3/c1-14-7-3-4-8-19(14)27-22(29)17(21(28)25-23(27)30)12-16-13-18(24)20(11-15(16)2)26-9-5-6-10-26/h3-4,7-8,11-13H,5-6,9-10H2,1-2H3,(H,25,28,30)/b17-12+. The average Bonchev–Trinajstić information content (AvgIpc) is 3.23. The molecule has 2 heterocycles. The van der Waals surface area contributed by atoms with Gasteiger partial charge >= 0.3 is 6.03 Å². The number of benzene rings is 2. The Morgan fingerprint density at radius 2 is 1.67 bits per heavy atom. The molecule has 154 valence electrons. The SMILES string of the molecule is Cc1cc(N2CCCC2)c(F)cc1/C=C1\C(=O)NC(=O)N(c2ccccc2C)C1=O. The van der Waals surface area contributed by atoms with E-state index < -0.39 is 23.7 Å². The minimum absolute atomic E-state index is 0.214. The van der Waals surface area contributed by atoms with E-state index in [-0.39, 0.29) is 5.57 Å². The van der Waals surface area contributed by atoms with E-state index in [0.29, 0.717) is 22.5 Å². The number of carbonyl (C=O) groups is 3. The summed E-state index contributed by atoms with van der Waals surface area (Å²) in [5, 5.41) is 2.20. The maximum atomic E-state index is 14.8. The number of para-hydroxylation sites is 1. The molecule has 2 saturated heterocycles. The summed E-state index contributed by atoms with van der Waals surface area (Å²) < 4.78 is 14.8. The predicted octanol–water partition coefficient (Wildman–Crippen LogP) is 3.71. The highest BCUT2D eigenvalue weighted by Gasteiger charge is 2.37. The predicted molar refractivity (Wildman–Crippen MR) is 113 cm³/mol. The Kier molecular flexibility index (Phi) is 5.11. The maximum Gasteiger partial charge on any atom is 0.335 e. The molecule has 0 saturated carbocycles. The van der Waals surface area contributed by atoms with E-state index >= 15 is 0 Å². The van der Waals surface area contributed by atoms with Crippen molar-refractivity contribution in [2.45, 2.75) is 26.7 Å². The minimum Gasteiger partial charge on any atom is -0.369 e. The average molecular weight is 407 g/mol. The van der Waals surface area contributed by atoms with Crippen LogP contribution in [0, 0.1) is 19.7 Å². The lowest BCUT2D eigenvalue weighted by Gasteiger charge is -2.27. The molecule has 0 bridgehead atoms. The van der Waals surface area contributed by atoms with Crippen LogP contribution in [0.5, 0.6) is 0 Å². The molecule has 0 aromatic heterocycles. The van der Waals surface area contributed by atoms with E-state index in [0.717, 1.165) is 36.4 Å². The largest absolute Gasteiger partial charge is 0.369 e. The Morgan fingerprint density at radius 1 is 0.967 bits per heavy atom. The van der Waals surface area contributed by atoms with Gasteiger partial charge in [-0.1, -0.05) is 18.2 Å². The van der Waals surface area contributed by atoms with Crippen molar-refractivity contribution in [2.24, 2.45) is 0 Å². The van der Waals surface area contributed by atoms with E-state index in [1.807, 2.05) is 4.90 Å². The summed E-state index contributed by atoms with van der Waals surface area (Å²) >= 11 is 0. The number of carbonyl (C=O) groups excluding carboxylic acids is 3. The van der Waals surface area contributed by atoms with Gasteiger partial charge in [0.2, 0.25) is 0 Å². The van der Waals surface area contributed by atoms with Crippen LogP contribution >= 0.6 is 0 Å². The van der Waals surface area contributed by atoms with E-state index in [9.17, 15) is 18.8 Å². The number of imide groups is 2. The molecule has 2 aromatic carbocycles. The van der Waals surface area contributed by atoms with Crippen molar-refractivity contribution >= 4 is 35.3 Å². The van der Waals surface area contributed by atoms with Gasteiger partial charge in [-0.15, -0.1) is 0 Å². The third kappa shape index (κ3) is 3.47. The van der Waals surface area contributed by atoms with Gasteiger partial charge in [0, 0.05) is 13.1 Å². The second-order valence-electron chi connectivity index (χ2n) is 7.60. The minimum atomic E-state index is -0.802. The summed E-state index contributed by atoms with van der Waals surface area (Å²) in [4.78, 5) is 40.7. The molecule has 0 unspecified atom stereocenters. The molecule has 2 fully saturated rings. The van der Waals surface area contributed by atoms with E-state index in [4.69, 9.17) is 0 Å². The molecule has 2 aliphatic heterocycles. The first-order valence-electron chi connectivity index (χ1n) is 9.89. The molecule has 2 aromatic rings. The highest BCUT2D eigenvalue weighted by molar-refractivity contribution is 6.39. The van der Waals surface area contributed by atoms with Crippen LogP contribution in [0.25, 0.3) is 6.08 Å². The molecule has 4 amide bonds. The smallest absolute Gasteiger partial charge is 0.335 e. The lowest BCUT2D eigenvalue weighted by Crippen LogP contribution is -2.54. The zero-order valence-electron chi connectivity index (χ0n) is 16.9. The van der Waals surface area contributed by atoms with Crippen LogP contribution in [-0.2, 0) is 9.59 Å². The highest BCUT2D eigenvalue weighted by Crippen LogP contribution is 2.29. The Balaban J connectivity index is 1.73. The monoisotopic (exact) mass is 407 g/mol. The highest BCUT2D eigenvalue weighted by atomic mass is 19.1. The molecule has 1 N–H and O–H groups in total. The van der Waals surface area contributed by atoms with Gasteiger partial charge in [0.25, 0.3) is 11.8 Å². The lowest BCUT2D eigenvalue weighted by molar-refractivity contribution is -0.122. The first-order chi connectivity index (χ1) is 14.4. The summed E-state index contributed by atoms with van der Waals surface area (Å²) in [7, 11) is 0. The van der Waals surface area contributed by atoms with Crippen molar-refractivity contribution in [3.8, 4) is 0 Å². The van der Waals surface area contributed by atoms with Crippen molar-refractivity contribution in [3.05, 3.63) is 64.5 Å². The molecular weight excluding hydrogens is 385 g/mol. The van der Waals surface area contributed by atoms with Crippen LogP contribution in [0.1, 0.15) is 29.5 Å². The zero-order valence-corrected chi connectivity index (χ0v) is 16.9. The molecule has 7 heteroatoms. The molecule has 0 atom stereocenters. The fourth-order valence-electron chi connectivity index (χ4n) is 3.88. The number of hydrogen-bond donors (Lipinski definition) is 1. The molecular formula is C23H22FN3O3. The number of amides is 4. The van der Waals surface area contributed by atoms with Crippen LogP contribution in [0.3, 0.4) is 0 Å². The molecule has 30 heavy (non-hydrogen) atoms. The lowest BCUT2D eigenvalue weighted by atomic mass is 10.0. The van der Waals surface area contributed by atoms with Gasteiger partial charge in [-0.05, 0) is 67.7 Å².